The molecule has 0 fully saturated rings. The molecule has 0 bridgehead atoms. The number of likely N-dealkylation sites (N-methyl/N-ethyl adjacent to an activating group) is 1. The van der Waals surface area contributed by atoms with Gasteiger partial charge in [-0.2, -0.15) is 0 Å². The fourth-order valence-electron chi connectivity index (χ4n) is 3.30. The highest BCUT2D eigenvalue weighted by molar-refractivity contribution is 9.10. The summed E-state index contributed by atoms with van der Waals surface area (Å²) in [5, 5.41) is 25.4. The van der Waals surface area contributed by atoms with Gasteiger partial charge in [0.05, 0.1) is 47.5 Å². The zero-order valence-corrected chi connectivity index (χ0v) is 21.0. The molecule has 1 atom stereocenters. The van der Waals surface area contributed by atoms with E-state index in [0.717, 1.165) is 11.3 Å². The molecule has 11 nitrogen and oxygen atoms in total. The predicted molar refractivity (Wildman–Crippen MR) is 132 cm³/mol. The number of carboxylic acids is 1. The molecule has 1 aromatic carbocycles. The number of aromatic hydroxyl groups is 1. The lowest BCUT2D eigenvalue weighted by Crippen LogP contribution is -2.40. The Bertz CT molecular complexity index is 1160. The molecule has 1 aliphatic heterocycles. The number of anilines is 1. The molecular weight excluding hydrogens is 546 g/mol. The summed E-state index contributed by atoms with van der Waals surface area (Å²) in [5.41, 5.74) is 0.850. The third-order valence-electron chi connectivity index (χ3n) is 4.91. The normalized spacial score (nSPS) is 13.7. The van der Waals surface area contributed by atoms with Gasteiger partial charge in [0, 0.05) is 36.8 Å². The molecule has 1 aromatic heterocycles. The number of carboxylic acid groups (broad SMARTS) is 1. The SMILES string of the molecule is CN(CC(=O)N[C@H](CC(=O)O)c1cc(Cl)cc(Br)c1O)C(=O)c1cncc(NC2=NCCCO2)c1. The van der Waals surface area contributed by atoms with E-state index >= 15 is 0 Å². The lowest BCUT2D eigenvalue weighted by Gasteiger charge is -2.22. The summed E-state index contributed by atoms with van der Waals surface area (Å²) < 4.78 is 5.65. The zero-order valence-electron chi connectivity index (χ0n) is 18.6. The minimum absolute atomic E-state index is 0.130. The van der Waals surface area contributed by atoms with E-state index in [1.54, 1.807) is 6.07 Å². The molecule has 186 valence electrons. The molecule has 0 unspecified atom stereocenters. The molecule has 2 amide bonds. The van der Waals surface area contributed by atoms with E-state index in [4.69, 9.17) is 16.3 Å². The summed E-state index contributed by atoms with van der Waals surface area (Å²) in [4.78, 5) is 46.3. The lowest BCUT2D eigenvalue weighted by molar-refractivity contribution is -0.137. The number of phenols is 1. The number of hydrogen-bond donors (Lipinski definition) is 4. The number of aliphatic imine (C=N–C) groups is 1. The minimum atomic E-state index is -1.20. The van der Waals surface area contributed by atoms with Crippen molar-refractivity contribution in [2.75, 3.05) is 32.1 Å². The Kier molecular flexibility index (Phi) is 8.88. The monoisotopic (exact) mass is 567 g/mol. The minimum Gasteiger partial charge on any atom is -0.506 e. The Labute approximate surface area is 214 Å². The molecule has 13 heteroatoms. The number of benzene rings is 1. The van der Waals surface area contributed by atoms with Crippen molar-refractivity contribution in [3.63, 3.8) is 0 Å². The number of nitrogens with one attached hydrogen (secondary N) is 2. The Morgan fingerprint density at radius 2 is 2.06 bits per heavy atom. The van der Waals surface area contributed by atoms with Crippen molar-refractivity contribution in [3.05, 3.63) is 51.2 Å². The van der Waals surface area contributed by atoms with Crippen LogP contribution in [0.5, 0.6) is 5.75 Å². The van der Waals surface area contributed by atoms with Crippen LogP contribution in [0.1, 0.15) is 34.8 Å². The van der Waals surface area contributed by atoms with Crippen LogP contribution in [0.25, 0.3) is 0 Å². The van der Waals surface area contributed by atoms with Crippen LogP contribution < -0.4 is 10.6 Å². The highest BCUT2D eigenvalue weighted by Crippen LogP contribution is 2.36. The number of amidine groups is 1. The number of aliphatic carboxylic acids is 1. The number of aromatic nitrogens is 1. The zero-order chi connectivity index (χ0) is 25.5. The number of carbonyl (C=O) groups excluding carboxylic acids is 2. The largest absolute Gasteiger partial charge is 0.506 e. The summed E-state index contributed by atoms with van der Waals surface area (Å²) in [7, 11) is 1.43. The first kappa shape index (κ1) is 26.2. The van der Waals surface area contributed by atoms with E-state index in [-0.39, 0.29) is 32.9 Å². The highest BCUT2D eigenvalue weighted by atomic mass is 79.9. The second-order valence-electron chi connectivity index (χ2n) is 7.68. The number of rotatable bonds is 8. The van der Waals surface area contributed by atoms with E-state index in [0.29, 0.717) is 24.9 Å². The van der Waals surface area contributed by atoms with Crippen LogP contribution in [-0.2, 0) is 14.3 Å². The standard InChI is InChI=1S/C22H23BrClN5O6/c1-29(21(34)12-5-14(10-25-9-12)27-22-26-3-2-4-35-22)11-18(30)28-17(8-19(31)32)15-6-13(24)7-16(23)20(15)33/h5-7,9-10,17,33H,2-4,8,11H2,1H3,(H,26,27)(H,28,30)(H,31,32)/t17-/m1/s1. The van der Waals surface area contributed by atoms with Crippen molar-refractivity contribution in [2.24, 2.45) is 4.99 Å². The molecule has 1 aliphatic rings. The van der Waals surface area contributed by atoms with Crippen molar-refractivity contribution >= 4 is 57.0 Å². The molecule has 2 aromatic rings. The number of pyridine rings is 1. The maximum atomic E-state index is 12.9. The van der Waals surface area contributed by atoms with Gasteiger partial charge >= 0.3 is 5.97 Å². The van der Waals surface area contributed by atoms with Gasteiger partial charge in [-0.15, -0.1) is 0 Å². The third kappa shape index (κ3) is 7.30. The Morgan fingerprint density at radius 3 is 2.74 bits per heavy atom. The van der Waals surface area contributed by atoms with Gasteiger partial charge in [0.15, 0.2) is 0 Å². The Hall–Kier alpha value is -3.38. The number of nitrogens with zero attached hydrogens (tertiary/aromatic N) is 3. The van der Waals surface area contributed by atoms with E-state index < -0.39 is 30.2 Å². The maximum Gasteiger partial charge on any atom is 0.305 e. The Morgan fingerprint density at radius 1 is 1.29 bits per heavy atom. The molecule has 0 aliphatic carbocycles. The first-order valence-corrected chi connectivity index (χ1v) is 11.6. The average Bonchev–Trinajstić information content (AvgIpc) is 2.81. The van der Waals surface area contributed by atoms with Gasteiger partial charge < -0.3 is 30.5 Å². The van der Waals surface area contributed by atoms with Crippen molar-refractivity contribution in [1.29, 1.82) is 0 Å². The molecule has 4 N–H and O–H groups in total. The van der Waals surface area contributed by atoms with E-state index in [1.165, 1.54) is 31.6 Å². The van der Waals surface area contributed by atoms with Crippen LogP contribution in [0.3, 0.4) is 0 Å². The van der Waals surface area contributed by atoms with Gasteiger partial charge in [-0.1, -0.05) is 11.6 Å². The number of phenolic OH excluding ortho intramolecular Hbond substituents is 1. The van der Waals surface area contributed by atoms with Crippen molar-refractivity contribution in [2.45, 2.75) is 18.9 Å². The van der Waals surface area contributed by atoms with Gasteiger partial charge in [-0.25, -0.2) is 4.99 Å². The summed E-state index contributed by atoms with van der Waals surface area (Å²) >= 11 is 9.17. The predicted octanol–water partition coefficient (Wildman–Crippen LogP) is 2.80. The van der Waals surface area contributed by atoms with Crippen molar-refractivity contribution in [3.8, 4) is 5.75 Å². The van der Waals surface area contributed by atoms with E-state index in [9.17, 15) is 24.6 Å². The molecule has 35 heavy (non-hydrogen) atoms. The van der Waals surface area contributed by atoms with Crippen molar-refractivity contribution in [1.82, 2.24) is 15.2 Å². The second-order valence-corrected chi connectivity index (χ2v) is 8.97. The summed E-state index contributed by atoms with van der Waals surface area (Å²) in [6.07, 6.45) is 3.19. The second kappa shape index (κ2) is 11.8. The topological polar surface area (TPSA) is 153 Å². The molecule has 0 radical (unpaired) electrons. The maximum absolute atomic E-state index is 12.9. The van der Waals surface area contributed by atoms with E-state index in [1.807, 2.05) is 0 Å². The first-order valence-electron chi connectivity index (χ1n) is 10.5. The molecule has 0 spiro atoms. The highest BCUT2D eigenvalue weighted by Gasteiger charge is 2.24. The van der Waals surface area contributed by atoms with Crippen LogP contribution in [0.15, 0.2) is 40.1 Å². The molecule has 3 rings (SSSR count). The molecule has 2 heterocycles. The van der Waals surface area contributed by atoms with Gasteiger partial charge in [0.25, 0.3) is 11.9 Å². The van der Waals surface area contributed by atoms with Crippen LogP contribution in [0.2, 0.25) is 5.02 Å². The smallest absolute Gasteiger partial charge is 0.305 e. The third-order valence-corrected chi connectivity index (χ3v) is 5.73. The lowest BCUT2D eigenvalue weighted by atomic mass is 10.0. The van der Waals surface area contributed by atoms with Crippen LogP contribution in [0.4, 0.5) is 5.69 Å². The molecular formula is C22H23BrClN5O6. The fourth-order valence-corrected chi connectivity index (χ4v) is 4.13. The van der Waals surface area contributed by atoms with Gasteiger partial charge in [-0.3, -0.25) is 19.4 Å². The van der Waals surface area contributed by atoms with Gasteiger partial charge in [0.1, 0.15) is 5.75 Å². The summed E-state index contributed by atoms with van der Waals surface area (Å²) in [6, 6.07) is 3.63. The molecule has 0 saturated carbocycles. The number of amides is 2. The fraction of sp³-hybridized carbons (Fsp3) is 0.318. The summed E-state index contributed by atoms with van der Waals surface area (Å²) in [5.74, 6) is -2.55. The number of carbonyl (C=O) groups is 3. The Balaban J connectivity index is 1.68. The number of ether oxygens (including phenoxy) is 1. The first-order chi connectivity index (χ1) is 16.6. The number of halogens is 2. The van der Waals surface area contributed by atoms with E-state index in [2.05, 4.69) is 36.5 Å². The van der Waals surface area contributed by atoms with Crippen LogP contribution >= 0.6 is 27.5 Å². The van der Waals surface area contributed by atoms with Crippen molar-refractivity contribution < 1.29 is 29.3 Å². The quantitative estimate of drug-likeness (QED) is 0.379. The van der Waals surface area contributed by atoms with Gasteiger partial charge in [-0.05, 0) is 34.1 Å². The summed E-state index contributed by atoms with van der Waals surface area (Å²) in [6.45, 7) is 0.812. The average molecular weight is 569 g/mol. The van der Waals surface area contributed by atoms with Crippen LogP contribution in [0, 0.1) is 0 Å². The van der Waals surface area contributed by atoms with Gasteiger partial charge in [0.2, 0.25) is 5.91 Å². The number of hydrogen-bond acceptors (Lipinski definition) is 8. The van der Waals surface area contributed by atoms with Crippen LogP contribution in [-0.4, -0.2) is 70.6 Å². The molecule has 0 saturated heterocycles.